The highest BCUT2D eigenvalue weighted by molar-refractivity contribution is 6.04. The molecule has 5 rings (SSSR count). The van der Waals surface area contributed by atoms with E-state index in [1.54, 1.807) is 9.80 Å². The maximum Gasteiger partial charge on any atom is 0.249 e. The molecule has 0 saturated carbocycles. The lowest BCUT2D eigenvalue weighted by molar-refractivity contribution is -0.151. The van der Waals surface area contributed by atoms with Crippen LogP contribution in [0.15, 0.2) is 54.6 Å². The van der Waals surface area contributed by atoms with E-state index in [9.17, 15) is 19.5 Å². The number of aliphatic hydroxyl groups is 1. The molecule has 7 atom stereocenters. The Bertz CT molecular complexity index is 1100. The fraction of sp³-hybridized carbons (Fsp3) is 0.552. The molecule has 1 aromatic carbocycles. The molecule has 0 aliphatic carbocycles. The first-order valence-electron chi connectivity index (χ1n) is 13.5. The maximum absolute atomic E-state index is 14.3. The number of rotatable bonds is 7. The first kappa shape index (κ1) is 25.7. The molecule has 37 heavy (non-hydrogen) atoms. The Kier molecular flexibility index (Phi) is 6.98. The first-order chi connectivity index (χ1) is 17.9. The average molecular weight is 508 g/mol. The van der Waals surface area contributed by atoms with E-state index < -0.39 is 35.6 Å². The summed E-state index contributed by atoms with van der Waals surface area (Å²) < 4.78 is 6.68. The molecule has 8 nitrogen and oxygen atoms in total. The number of likely N-dealkylation sites (tertiary alicyclic amines) is 1. The third-order valence-electron chi connectivity index (χ3n) is 8.51. The third kappa shape index (κ3) is 3.92. The zero-order valence-electron chi connectivity index (χ0n) is 21.8. The second kappa shape index (κ2) is 10.1. The number of carbonyl (C=O) groups excluding carboxylic acids is 3. The summed E-state index contributed by atoms with van der Waals surface area (Å²) in [4.78, 5) is 47.6. The summed E-state index contributed by atoms with van der Waals surface area (Å²) in [7, 11) is 0. The van der Waals surface area contributed by atoms with Gasteiger partial charge in [-0.3, -0.25) is 14.4 Å². The maximum atomic E-state index is 14.3. The molecular weight excluding hydrogens is 470 g/mol. The van der Waals surface area contributed by atoms with Crippen molar-refractivity contribution in [3.8, 4) is 0 Å². The number of amides is 3. The van der Waals surface area contributed by atoms with Gasteiger partial charge in [-0.2, -0.15) is 0 Å². The summed E-state index contributed by atoms with van der Waals surface area (Å²) >= 11 is 0. The number of hydrogen-bond donors (Lipinski definition) is 1. The SMILES string of the molecule is CCCC(C)N1CC=C[C@]23O[C@@H]4C=CCN(c5ccccc5)C(=O)[C@@H]4[C@H]2C(=O)N([C@@H](CC)CO)C3C1=O. The molecule has 0 aromatic heterocycles. The van der Waals surface area contributed by atoms with Crippen molar-refractivity contribution in [2.24, 2.45) is 11.8 Å². The molecule has 198 valence electrons. The van der Waals surface area contributed by atoms with Crippen molar-refractivity contribution in [1.29, 1.82) is 0 Å². The minimum atomic E-state index is -1.27. The van der Waals surface area contributed by atoms with Crippen LogP contribution in [0.3, 0.4) is 0 Å². The number of fused-ring (bicyclic) bond motifs is 2. The van der Waals surface area contributed by atoms with E-state index in [2.05, 4.69) is 6.92 Å². The van der Waals surface area contributed by atoms with E-state index in [0.29, 0.717) is 19.5 Å². The van der Waals surface area contributed by atoms with Gasteiger partial charge in [0.2, 0.25) is 17.7 Å². The molecule has 8 heteroatoms. The largest absolute Gasteiger partial charge is 0.394 e. The first-order valence-corrected chi connectivity index (χ1v) is 13.5. The Morgan fingerprint density at radius 1 is 1.05 bits per heavy atom. The zero-order chi connectivity index (χ0) is 26.3. The quantitative estimate of drug-likeness (QED) is 0.573. The topological polar surface area (TPSA) is 90.4 Å². The van der Waals surface area contributed by atoms with Crippen LogP contribution in [0.5, 0.6) is 0 Å². The van der Waals surface area contributed by atoms with Crippen LogP contribution in [0.25, 0.3) is 0 Å². The second-order valence-corrected chi connectivity index (χ2v) is 10.6. The van der Waals surface area contributed by atoms with E-state index in [1.165, 1.54) is 0 Å². The highest BCUT2D eigenvalue weighted by Crippen LogP contribution is 2.54. The molecule has 4 aliphatic rings. The number of anilines is 1. The van der Waals surface area contributed by atoms with E-state index in [-0.39, 0.29) is 30.4 Å². The summed E-state index contributed by atoms with van der Waals surface area (Å²) in [6.07, 6.45) is 9.20. The Balaban J connectivity index is 1.61. The van der Waals surface area contributed by atoms with Crippen LogP contribution >= 0.6 is 0 Å². The molecule has 4 aliphatic heterocycles. The minimum absolute atomic E-state index is 0.00974. The number of ether oxygens (including phenoxy) is 1. The second-order valence-electron chi connectivity index (χ2n) is 10.6. The Morgan fingerprint density at radius 3 is 2.49 bits per heavy atom. The predicted octanol–water partition coefficient (Wildman–Crippen LogP) is 2.53. The number of hydrogen-bond acceptors (Lipinski definition) is 5. The van der Waals surface area contributed by atoms with Crippen LogP contribution in [0.2, 0.25) is 0 Å². The lowest BCUT2D eigenvalue weighted by atomic mass is 9.77. The fourth-order valence-electron chi connectivity index (χ4n) is 6.71. The van der Waals surface area contributed by atoms with Gasteiger partial charge in [-0.15, -0.1) is 0 Å². The molecule has 0 bridgehead atoms. The van der Waals surface area contributed by atoms with Crippen LogP contribution in [0.4, 0.5) is 5.69 Å². The number of para-hydroxylation sites is 1. The van der Waals surface area contributed by atoms with Gasteiger partial charge in [0.15, 0.2) is 0 Å². The van der Waals surface area contributed by atoms with Crippen molar-refractivity contribution >= 4 is 23.4 Å². The molecule has 3 amide bonds. The van der Waals surface area contributed by atoms with Gasteiger partial charge >= 0.3 is 0 Å². The summed E-state index contributed by atoms with van der Waals surface area (Å²) in [5.41, 5.74) is -0.515. The number of benzene rings is 1. The minimum Gasteiger partial charge on any atom is -0.394 e. The van der Waals surface area contributed by atoms with E-state index in [4.69, 9.17) is 4.74 Å². The number of aliphatic hydroxyl groups excluding tert-OH is 1. The Labute approximate surface area is 218 Å². The van der Waals surface area contributed by atoms with Crippen molar-refractivity contribution in [3.63, 3.8) is 0 Å². The van der Waals surface area contributed by atoms with Gasteiger partial charge in [-0.1, -0.05) is 62.8 Å². The van der Waals surface area contributed by atoms with E-state index >= 15 is 0 Å². The van der Waals surface area contributed by atoms with Crippen LogP contribution in [-0.4, -0.2) is 82.2 Å². The summed E-state index contributed by atoms with van der Waals surface area (Å²) in [5, 5.41) is 10.2. The standard InChI is InChI=1S/C29H37N3O5/c1-4-11-19(3)30-17-10-15-29-24(27(35)32(20(5-2)18-33)25(29)28(30)36)23-22(37-29)14-9-16-31(26(23)34)21-12-7-6-8-13-21/h6-10,12-15,19-20,22-25,33H,4-5,11,16-18H2,1-3H3/t19?,20-,22+,23-,24-,25?,29-/m0/s1. The third-order valence-corrected chi connectivity index (χ3v) is 8.51. The normalized spacial score (nSPS) is 32.6. The highest BCUT2D eigenvalue weighted by Gasteiger charge is 2.72. The van der Waals surface area contributed by atoms with Crippen LogP contribution in [-0.2, 0) is 19.1 Å². The van der Waals surface area contributed by atoms with E-state index in [1.807, 2.05) is 73.4 Å². The van der Waals surface area contributed by atoms with Gasteiger partial charge in [0.05, 0.1) is 30.6 Å². The van der Waals surface area contributed by atoms with Crippen molar-refractivity contribution in [2.75, 3.05) is 24.6 Å². The smallest absolute Gasteiger partial charge is 0.249 e. The van der Waals surface area contributed by atoms with Gasteiger partial charge in [0.1, 0.15) is 11.6 Å². The number of nitrogens with zero attached hydrogens (tertiary/aromatic N) is 3. The molecule has 1 spiro atoms. The molecule has 1 N–H and O–H groups in total. The van der Waals surface area contributed by atoms with Gasteiger partial charge in [-0.25, -0.2) is 0 Å². The lowest BCUT2D eigenvalue weighted by Crippen LogP contribution is -2.59. The lowest BCUT2D eigenvalue weighted by Gasteiger charge is -2.39. The summed E-state index contributed by atoms with van der Waals surface area (Å²) in [5.74, 6) is -2.28. The van der Waals surface area contributed by atoms with Gasteiger partial charge in [0, 0.05) is 24.8 Å². The number of carbonyl (C=O) groups is 3. The van der Waals surface area contributed by atoms with Crippen LogP contribution < -0.4 is 4.90 Å². The van der Waals surface area contributed by atoms with Crippen molar-refractivity contribution in [3.05, 3.63) is 54.6 Å². The predicted molar refractivity (Wildman–Crippen MR) is 140 cm³/mol. The van der Waals surface area contributed by atoms with Crippen LogP contribution in [0, 0.1) is 11.8 Å². The van der Waals surface area contributed by atoms with Crippen molar-refractivity contribution in [1.82, 2.24) is 9.80 Å². The highest BCUT2D eigenvalue weighted by atomic mass is 16.5. The molecule has 0 radical (unpaired) electrons. The van der Waals surface area contributed by atoms with Gasteiger partial charge in [-0.05, 0) is 31.9 Å². The van der Waals surface area contributed by atoms with Gasteiger partial charge in [0.25, 0.3) is 0 Å². The molecule has 2 saturated heterocycles. The van der Waals surface area contributed by atoms with Crippen LogP contribution in [0.1, 0.15) is 40.0 Å². The van der Waals surface area contributed by atoms with Crippen molar-refractivity contribution in [2.45, 2.75) is 69.9 Å². The fourth-order valence-corrected chi connectivity index (χ4v) is 6.71. The Morgan fingerprint density at radius 2 is 1.81 bits per heavy atom. The van der Waals surface area contributed by atoms with E-state index in [0.717, 1.165) is 18.5 Å². The zero-order valence-corrected chi connectivity index (χ0v) is 21.8. The molecule has 1 aromatic rings. The van der Waals surface area contributed by atoms with Gasteiger partial charge < -0.3 is 24.5 Å². The summed E-state index contributed by atoms with van der Waals surface area (Å²) in [6, 6.07) is 7.94. The Hall–Kier alpha value is -2.97. The molecule has 2 unspecified atom stereocenters. The molecule has 2 fully saturated rings. The summed E-state index contributed by atoms with van der Waals surface area (Å²) in [6.45, 7) is 6.54. The average Bonchev–Trinajstić information content (AvgIpc) is 3.21. The monoisotopic (exact) mass is 507 g/mol. The molecular formula is C29H37N3O5. The molecule has 4 heterocycles. The van der Waals surface area contributed by atoms with Crippen molar-refractivity contribution < 1.29 is 24.2 Å².